The van der Waals surface area contributed by atoms with Crippen molar-refractivity contribution in [1.82, 2.24) is 4.31 Å². The second kappa shape index (κ2) is 7.73. The molecule has 2 aromatic carbocycles. The number of likely N-dealkylation sites (N-methyl/N-ethyl adjacent to an activating group) is 1. The van der Waals surface area contributed by atoms with E-state index in [1.165, 1.54) is 20.3 Å². The Morgan fingerprint density at radius 1 is 1.06 bits per heavy atom. The van der Waals surface area contributed by atoms with Crippen LogP contribution in [0.3, 0.4) is 0 Å². The normalized spacial score (nSPS) is 26.0. The number of carbonyl (C=O) groups excluding carboxylic acids is 1. The fourth-order valence-electron chi connectivity index (χ4n) is 5.45. The number of piperidine rings is 1. The topological polar surface area (TPSA) is 62.1 Å². The van der Waals surface area contributed by atoms with Crippen molar-refractivity contribution in [2.75, 3.05) is 38.1 Å². The van der Waals surface area contributed by atoms with Gasteiger partial charge in [0, 0.05) is 30.8 Å². The second-order valence-corrected chi connectivity index (χ2v) is 11.2. The molecule has 3 aliphatic heterocycles. The first kappa shape index (κ1) is 20.7. The number of hydrogen-bond donors (Lipinski definition) is 1. The molecule has 3 heterocycles. The molecule has 2 fully saturated rings. The average Bonchev–Trinajstić information content (AvgIpc) is 3.40. The van der Waals surface area contributed by atoms with E-state index in [0.717, 1.165) is 38.0 Å². The van der Waals surface area contributed by atoms with E-state index in [2.05, 4.69) is 32.2 Å². The maximum atomic E-state index is 13.6. The lowest BCUT2D eigenvalue weighted by Gasteiger charge is -2.34. The van der Waals surface area contributed by atoms with Crippen molar-refractivity contribution < 1.29 is 18.1 Å². The van der Waals surface area contributed by atoms with Crippen molar-refractivity contribution >= 4 is 21.6 Å². The molecule has 6 nitrogen and oxygen atoms in total. The zero-order valence-electron chi connectivity index (χ0n) is 18.2. The summed E-state index contributed by atoms with van der Waals surface area (Å²) in [5.74, 6) is 0.310. The third kappa shape index (κ3) is 3.49. The van der Waals surface area contributed by atoms with Gasteiger partial charge in [0.1, 0.15) is 0 Å². The van der Waals surface area contributed by atoms with Crippen molar-refractivity contribution in [3.05, 3.63) is 59.2 Å². The summed E-state index contributed by atoms with van der Waals surface area (Å²) in [6, 6.07) is 13.1. The Morgan fingerprint density at radius 3 is 2.48 bits per heavy atom. The Labute approximate surface area is 184 Å². The highest BCUT2D eigenvalue weighted by atomic mass is 32.2. The summed E-state index contributed by atoms with van der Waals surface area (Å²) in [4.78, 5) is 17.3. The summed E-state index contributed by atoms with van der Waals surface area (Å²) in [5, 5.41) is 0. The number of anilines is 1. The van der Waals surface area contributed by atoms with E-state index >= 15 is 0 Å². The largest absolute Gasteiger partial charge is 0.337 e. The summed E-state index contributed by atoms with van der Waals surface area (Å²) < 4.78 is 27.2. The van der Waals surface area contributed by atoms with Gasteiger partial charge in [-0.25, -0.2) is 8.42 Å². The number of amides is 1. The molecule has 2 saturated heterocycles. The summed E-state index contributed by atoms with van der Waals surface area (Å²) in [6.07, 6.45) is 2.78. The van der Waals surface area contributed by atoms with Crippen LogP contribution in [0.25, 0.3) is 0 Å². The van der Waals surface area contributed by atoms with Gasteiger partial charge in [0.05, 0.1) is 37.0 Å². The van der Waals surface area contributed by atoms with Crippen molar-refractivity contribution in [2.45, 2.75) is 43.0 Å². The van der Waals surface area contributed by atoms with Gasteiger partial charge in [0.2, 0.25) is 10.0 Å². The predicted octanol–water partition coefficient (Wildman–Crippen LogP) is 1.81. The maximum absolute atomic E-state index is 13.6. The van der Waals surface area contributed by atoms with E-state index in [-0.39, 0.29) is 16.8 Å². The molecule has 164 valence electrons. The van der Waals surface area contributed by atoms with Crippen molar-refractivity contribution in [2.24, 2.45) is 0 Å². The van der Waals surface area contributed by atoms with Crippen LogP contribution in [0.2, 0.25) is 0 Å². The molecular weight excluding hydrogens is 410 g/mol. The molecule has 0 radical (unpaired) electrons. The first-order chi connectivity index (χ1) is 14.9. The summed E-state index contributed by atoms with van der Waals surface area (Å²) in [5.41, 5.74) is 4.03. The van der Waals surface area contributed by atoms with E-state index in [0.29, 0.717) is 24.6 Å². The lowest BCUT2D eigenvalue weighted by molar-refractivity contribution is -0.886. The highest BCUT2D eigenvalue weighted by Gasteiger charge is 2.45. The SMILES string of the molecule is Cc1ccc2c(c1)[C@@H]1C[NH+](C)CC[C@@H]1N2C(=O)c1ccc(S(=O)(=O)N2CCCC2)cc1. The van der Waals surface area contributed by atoms with Gasteiger partial charge in [0.25, 0.3) is 5.91 Å². The van der Waals surface area contributed by atoms with Crippen LogP contribution < -0.4 is 9.80 Å². The Morgan fingerprint density at radius 2 is 1.77 bits per heavy atom. The molecule has 31 heavy (non-hydrogen) atoms. The first-order valence-corrected chi connectivity index (χ1v) is 12.7. The molecule has 0 bridgehead atoms. The van der Waals surface area contributed by atoms with Crippen molar-refractivity contribution in [1.29, 1.82) is 0 Å². The molecule has 3 atom stereocenters. The molecule has 1 N–H and O–H groups in total. The van der Waals surface area contributed by atoms with Crippen LogP contribution in [-0.2, 0) is 10.0 Å². The van der Waals surface area contributed by atoms with Gasteiger partial charge in [-0.2, -0.15) is 4.31 Å². The molecule has 1 amide bonds. The number of nitrogens with one attached hydrogen (secondary N) is 1. The van der Waals surface area contributed by atoms with Gasteiger partial charge in [-0.1, -0.05) is 17.7 Å². The van der Waals surface area contributed by atoms with Crippen LogP contribution in [-0.4, -0.2) is 57.9 Å². The van der Waals surface area contributed by atoms with E-state index in [1.807, 2.05) is 4.90 Å². The van der Waals surface area contributed by atoms with Crippen LogP contribution in [0, 0.1) is 6.92 Å². The lowest BCUT2D eigenvalue weighted by atomic mass is 9.88. The predicted molar refractivity (Wildman–Crippen MR) is 120 cm³/mol. The Bertz CT molecular complexity index is 1110. The van der Waals surface area contributed by atoms with Crippen molar-refractivity contribution in [3.63, 3.8) is 0 Å². The lowest BCUT2D eigenvalue weighted by Crippen LogP contribution is -3.11. The average molecular weight is 441 g/mol. The minimum absolute atomic E-state index is 0.0396. The number of fused-ring (bicyclic) bond motifs is 3. The number of quaternary nitrogens is 1. The second-order valence-electron chi connectivity index (χ2n) is 9.25. The van der Waals surface area contributed by atoms with Gasteiger partial charge in [-0.3, -0.25) is 4.79 Å². The standard InChI is InChI=1S/C24H29N3O3S/c1-17-5-10-22-20(15-17)21-16-25(2)14-11-23(21)27(22)24(28)18-6-8-19(9-7-18)31(29,30)26-12-3-4-13-26/h5-10,15,21,23H,3-4,11-14,16H2,1-2H3/p+1/t21-,23-/m0/s1. The molecule has 3 aliphatic rings. The third-order valence-corrected chi connectivity index (χ3v) is 9.01. The molecular formula is C24H30N3O3S+. The van der Waals surface area contributed by atoms with Crippen LogP contribution in [0.5, 0.6) is 0 Å². The Hall–Kier alpha value is -2.22. The number of sulfonamides is 1. The number of rotatable bonds is 3. The van der Waals surface area contributed by atoms with Crippen LogP contribution in [0.15, 0.2) is 47.4 Å². The number of benzene rings is 2. The number of aryl methyl sites for hydroxylation is 1. The Kier molecular flexibility index (Phi) is 5.15. The van der Waals surface area contributed by atoms with Gasteiger partial charge in [-0.05, 0) is 55.7 Å². The van der Waals surface area contributed by atoms with E-state index < -0.39 is 10.0 Å². The minimum Gasteiger partial charge on any atom is -0.337 e. The van der Waals surface area contributed by atoms with Gasteiger partial charge < -0.3 is 9.80 Å². The third-order valence-electron chi connectivity index (χ3n) is 7.10. The molecule has 0 spiro atoms. The monoisotopic (exact) mass is 440 g/mol. The first-order valence-electron chi connectivity index (χ1n) is 11.2. The summed E-state index contributed by atoms with van der Waals surface area (Å²) >= 11 is 0. The highest BCUT2D eigenvalue weighted by Crippen LogP contribution is 2.43. The fourth-order valence-corrected chi connectivity index (χ4v) is 6.97. The molecule has 0 saturated carbocycles. The van der Waals surface area contributed by atoms with Crippen molar-refractivity contribution in [3.8, 4) is 0 Å². The molecule has 7 heteroatoms. The number of nitrogens with zero attached hydrogens (tertiary/aromatic N) is 2. The number of hydrogen-bond acceptors (Lipinski definition) is 3. The van der Waals surface area contributed by atoms with Crippen LogP contribution in [0.1, 0.15) is 46.7 Å². The molecule has 5 rings (SSSR count). The minimum atomic E-state index is -3.47. The zero-order valence-corrected chi connectivity index (χ0v) is 19.0. The molecule has 0 aromatic heterocycles. The molecule has 2 aromatic rings. The fraction of sp³-hybridized carbons (Fsp3) is 0.458. The van der Waals surface area contributed by atoms with E-state index in [9.17, 15) is 13.2 Å². The van der Waals surface area contributed by atoms with E-state index in [4.69, 9.17) is 0 Å². The zero-order chi connectivity index (χ0) is 21.8. The van der Waals surface area contributed by atoms with Crippen LogP contribution in [0.4, 0.5) is 5.69 Å². The van der Waals surface area contributed by atoms with Gasteiger partial charge in [0.15, 0.2) is 0 Å². The Balaban J connectivity index is 1.46. The number of carbonyl (C=O) groups is 1. The molecule has 1 unspecified atom stereocenters. The summed E-state index contributed by atoms with van der Waals surface area (Å²) in [7, 11) is -1.26. The summed E-state index contributed by atoms with van der Waals surface area (Å²) in [6.45, 7) is 5.32. The quantitative estimate of drug-likeness (QED) is 0.792. The number of likely N-dealkylation sites (tertiary alicyclic amines) is 1. The van der Waals surface area contributed by atoms with E-state index in [1.54, 1.807) is 24.3 Å². The van der Waals surface area contributed by atoms with Crippen LogP contribution >= 0.6 is 0 Å². The smallest absolute Gasteiger partial charge is 0.258 e. The highest BCUT2D eigenvalue weighted by molar-refractivity contribution is 7.89. The van der Waals surface area contributed by atoms with Gasteiger partial charge >= 0.3 is 0 Å². The van der Waals surface area contributed by atoms with Gasteiger partial charge in [-0.15, -0.1) is 0 Å². The maximum Gasteiger partial charge on any atom is 0.258 e. The molecule has 0 aliphatic carbocycles.